The molecule has 0 aromatic rings. The van der Waals surface area contributed by atoms with Crippen LogP contribution in [0.25, 0.3) is 0 Å². The van der Waals surface area contributed by atoms with Crippen LogP contribution in [0, 0.1) is 54.8 Å². The summed E-state index contributed by atoms with van der Waals surface area (Å²) < 4.78 is 0. The fraction of sp³-hybridized carbons (Fsp3) is 0.875. The maximum Gasteiger partial charge on any atom is 3.00 e. The summed E-state index contributed by atoms with van der Waals surface area (Å²) in [7, 11) is 0. The van der Waals surface area contributed by atoms with Crippen LogP contribution in [0.15, 0.2) is 0 Å². The summed E-state index contributed by atoms with van der Waals surface area (Å²) in [6.07, 6.45) is 3.65. The Morgan fingerprint density at radius 1 is 0.480 bits per heavy atom. The Balaban J connectivity index is -0.000000130. The molecule has 3 atom stereocenters. The fourth-order valence-electron chi connectivity index (χ4n) is 3.14. The predicted molar refractivity (Wildman–Crippen MR) is 122 cm³/mol. The fourth-order valence-corrected chi connectivity index (χ4v) is 3.14. The largest absolute Gasteiger partial charge is 3.00 e. The van der Waals surface area contributed by atoms with Crippen LogP contribution >= 0.6 is 0 Å². The molecule has 0 spiro atoms. The minimum atomic E-state index is 0. The van der Waals surface area contributed by atoms with Gasteiger partial charge in [0.05, 0.1) is 0 Å². The van der Waals surface area contributed by atoms with Crippen LogP contribution in [0.4, 0.5) is 0 Å². The van der Waals surface area contributed by atoms with Crippen LogP contribution < -0.4 is 0 Å². The third-order valence-electron chi connectivity index (χ3n) is 2.88. The van der Waals surface area contributed by atoms with Crippen molar-refractivity contribution in [2.75, 3.05) is 0 Å². The first-order chi connectivity index (χ1) is 10.2. The van der Waals surface area contributed by atoms with E-state index in [0.717, 1.165) is 0 Å². The Labute approximate surface area is 174 Å². The van der Waals surface area contributed by atoms with Gasteiger partial charge in [0, 0.05) is 0 Å². The second kappa shape index (κ2) is 14.6. The van der Waals surface area contributed by atoms with E-state index in [1.807, 2.05) is 0 Å². The molecule has 150 valence electrons. The van der Waals surface area contributed by atoms with Crippen molar-refractivity contribution < 1.29 is 0 Å². The van der Waals surface area contributed by atoms with E-state index in [1.165, 1.54) is 19.3 Å². The average molecular weight is 367 g/mol. The van der Waals surface area contributed by atoms with Crippen molar-refractivity contribution in [3.63, 3.8) is 0 Å². The molecule has 0 saturated carbocycles. The second-order valence-corrected chi connectivity index (χ2v) is 11.6. The van der Waals surface area contributed by atoms with Gasteiger partial charge in [0.15, 0.2) is 0 Å². The van der Waals surface area contributed by atoms with E-state index in [-0.39, 0.29) is 17.4 Å². The van der Waals surface area contributed by atoms with Crippen molar-refractivity contribution in [2.45, 2.75) is 102 Å². The van der Waals surface area contributed by atoms with Gasteiger partial charge in [-0.3, -0.25) is 0 Å². The van der Waals surface area contributed by atoms with Gasteiger partial charge in [-0.05, 0) is 16.2 Å². The average Bonchev–Trinajstić information content (AvgIpc) is 2.04. The molecule has 0 heterocycles. The summed E-state index contributed by atoms with van der Waals surface area (Å²) in [5.74, 6) is 1.78. The van der Waals surface area contributed by atoms with Gasteiger partial charge in [-0.25, -0.2) is 0 Å². The molecule has 0 aliphatic rings. The van der Waals surface area contributed by atoms with Gasteiger partial charge in [-0.1, -0.05) is 102 Å². The molecule has 0 bridgehead atoms. The molecular weight excluding hydrogens is 315 g/mol. The Hall–Kier alpha value is 0.532. The van der Waals surface area contributed by atoms with Crippen molar-refractivity contribution >= 4 is 17.4 Å². The molecule has 0 fully saturated rings. The topological polar surface area (TPSA) is 0 Å². The molecule has 25 heavy (non-hydrogen) atoms. The first-order valence-corrected chi connectivity index (χ1v) is 9.74. The SMILES string of the molecule is [Al+3].[CH2-]C(C)CC(C)(C)C.[CH2-]C(C)CC(C)(C)C.[CH2-]C(C)CC(C)(C)C. The standard InChI is InChI=1S/3C8H17.Al/c3*1-7(2)6-8(3,4)5;/h3*7H,1,6H2,2-5H3;/q3*-1;+3. The molecule has 0 radical (unpaired) electrons. The Morgan fingerprint density at radius 2 is 0.600 bits per heavy atom. The van der Waals surface area contributed by atoms with E-state index >= 15 is 0 Å². The number of rotatable bonds is 3. The summed E-state index contributed by atoms with van der Waals surface area (Å²) in [6, 6.07) is 0. The quantitative estimate of drug-likeness (QED) is 0.348. The molecule has 0 N–H and O–H groups in total. The molecule has 3 unspecified atom stereocenters. The van der Waals surface area contributed by atoms with Crippen LogP contribution in [-0.2, 0) is 0 Å². The van der Waals surface area contributed by atoms with E-state index in [2.05, 4.69) is 104 Å². The van der Waals surface area contributed by atoms with Gasteiger partial charge < -0.3 is 20.8 Å². The van der Waals surface area contributed by atoms with Crippen molar-refractivity contribution in [3.05, 3.63) is 20.8 Å². The minimum Gasteiger partial charge on any atom is -0.341 e. The predicted octanol–water partition coefficient (Wildman–Crippen LogP) is 8.30. The normalized spacial score (nSPS) is 15.5. The number of hydrogen-bond acceptors (Lipinski definition) is 0. The first-order valence-electron chi connectivity index (χ1n) is 9.74. The summed E-state index contributed by atoms with van der Waals surface area (Å²) >= 11 is 0. The van der Waals surface area contributed by atoms with Crippen LogP contribution in [0.5, 0.6) is 0 Å². The zero-order chi connectivity index (χ0) is 20.4. The molecule has 0 aromatic carbocycles. The van der Waals surface area contributed by atoms with Crippen molar-refractivity contribution in [2.24, 2.45) is 34.0 Å². The smallest absolute Gasteiger partial charge is 0.341 e. The van der Waals surface area contributed by atoms with E-state index in [9.17, 15) is 0 Å². The van der Waals surface area contributed by atoms with Crippen LogP contribution in [0.2, 0.25) is 0 Å². The van der Waals surface area contributed by atoms with Gasteiger partial charge in [-0.2, -0.15) is 17.8 Å². The van der Waals surface area contributed by atoms with Crippen molar-refractivity contribution in [1.82, 2.24) is 0 Å². The molecule has 0 aliphatic carbocycles. The maximum atomic E-state index is 3.92. The molecular formula is C24H51Al. The molecule has 0 amide bonds. The van der Waals surface area contributed by atoms with Gasteiger partial charge >= 0.3 is 17.4 Å². The first kappa shape index (κ1) is 33.1. The summed E-state index contributed by atoms with van der Waals surface area (Å²) in [4.78, 5) is 0. The molecule has 0 saturated heterocycles. The summed E-state index contributed by atoms with van der Waals surface area (Å²) in [5.41, 5.74) is 1.38. The third kappa shape index (κ3) is 51.6. The van der Waals surface area contributed by atoms with E-state index in [1.54, 1.807) is 0 Å². The Kier molecular flexibility index (Phi) is 19.3. The van der Waals surface area contributed by atoms with Crippen molar-refractivity contribution in [3.8, 4) is 0 Å². The third-order valence-corrected chi connectivity index (χ3v) is 2.88. The maximum absolute atomic E-state index is 3.92. The van der Waals surface area contributed by atoms with Gasteiger partial charge in [0.1, 0.15) is 0 Å². The van der Waals surface area contributed by atoms with E-state index in [4.69, 9.17) is 0 Å². The summed E-state index contributed by atoms with van der Waals surface area (Å²) in [5, 5.41) is 0. The van der Waals surface area contributed by atoms with Crippen LogP contribution in [0.3, 0.4) is 0 Å². The molecule has 0 nitrogen and oxygen atoms in total. The van der Waals surface area contributed by atoms with Gasteiger partial charge in [0.25, 0.3) is 0 Å². The molecule has 1 heteroatoms. The zero-order valence-electron chi connectivity index (χ0n) is 20.1. The second-order valence-electron chi connectivity index (χ2n) is 11.6. The zero-order valence-corrected chi connectivity index (χ0v) is 21.2. The molecule has 0 rings (SSSR count). The van der Waals surface area contributed by atoms with Gasteiger partial charge in [0.2, 0.25) is 0 Å². The molecule has 0 aromatic heterocycles. The van der Waals surface area contributed by atoms with Gasteiger partial charge in [-0.15, -0.1) is 0 Å². The van der Waals surface area contributed by atoms with Crippen LogP contribution in [-0.4, -0.2) is 17.4 Å². The monoisotopic (exact) mass is 366 g/mol. The number of hydrogen-bond donors (Lipinski definition) is 0. The van der Waals surface area contributed by atoms with Crippen LogP contribution in [0.1, 0.15) is 102 Å². The van der Waals surface area contributed by atoms with Crippen molar-refractivity contribution in [1.29, 1.82) is 0 Å². The Bertz CT molecular complexity index is 218. The van der Waals surface area contributed by atoms with E-state index < -0.39 is 0 Å². The Morgan fingerprint density at radius 3 is 0.600 bits per heavy atom. The van der Waals surface area contributed by atoms with E-state index in [0.29, 0.717) is 34.0 Å². The minimum absolute atomic E-state index is 0. The molecule has 0 aliphatic heterocycles. The summed E-state index contributed by atoms with van der Waals surface area (Å²) in [6.45, 7) is 38.4.